The van der Waals surface area contributed by atoms with Crippen molar-refractivity contribution >= 4 is 33.9 Å². The normalized spacial score (nSPS) is 14.4. The standard InChI is InChI=1S/C12H14BrNO4/c1-3-12(2,11(16)17)14-10(15)7-5-8-4-6-9(13)18-8/h4-7H,3H2,1-2H3,(H,14,15)(H,16,17). The van der Waals surface area contributed by atoms with Gasteiger partial charge in [0.1, 0.15) is 11.3 Å². The summed E-state index contributed by atoms with van der Waals surface area (Å²) in [6.45, 7) is 3.16. The van der Waals surface area contributed by atoms with E-state index in [1.165, 1.54) is 19.1 Å². The first kappa shape index (κ1) is 14.5. The molecule has 0 saturated heterocycles. The minimum atomic E-state index is -1.26. The van der Waals surface area contributed by atoms with E-state index in [0.29, 0.717) is 16.9 Å². The molecule has 6 heteroatoms. The number of hydrogen-bond acceptors (Lipinski definition) is 3. The first-order valence-corrected chi connectivity index (χ1v) is 6.15. The molecule has 0 bridgehead atoms. The lowest BCUT2D eigenvalue weighted by Crippen LogP contribution is -2.51. The largest absolute Gasteiger partial charge is 0.480 e. The number of rotatable bonds is 5. The zero-order chi connectivity index (χ0) is 13.8. The second-order valence-corrected chi connectivity index (χ2v) is 4.74. The van der Waals surface area contributed by atoms with Gasteiger partial charge < -0.3 is 14.8 Å². The van der Waals surface area contributed by atoms with Crippen LogP contribution in [0.15, 0.2) is 27.3 Å². The van der Waals surface area contributed by atoms with E-state index in [0.717, 1.165) is 0 Å². The fourth-order valence-corrected chi connectivity index (χ4v) is 1.50. The highest BCUT2D eigenvalue weighted by atomic mass is 79.9. The fraction of sp³-hybridized carbons (Fsp3) is 0.333. The van der Waals surface area contributed by atoms with E-state index < -0.39 is 17.4 Å². The molecule has 0 fully saturated rings. The van der Waals surface area contributed by atoms with Gasteiger partial charge in [-0.3, -0.25) is 4.79 Å². The van der Waals surface area contributed by atoms with Gasteiger partial charge in [-0.05, 0) is 47.5 Å². The van der Waals surface area contributed by atoms with Gasteiger partial charge >= 0.3 is 5.97 Å². The van der Waals surface area contributed by atoms with Gasteiger partial charge in [-0.25, -0.2) is 4.79 Å². The van der Waals surface area contributed by atoms with Crippen LogP contribution in [0.3, 0.4) is 0 Å². The molecule has 0 aliphatic carbocycles. The molecule has 1 amide bonds. The Morgan fingerprint density at radius 2 is 2.22 bits per heavy atom. The summed E-state index contributed by atoms with van der Waals surface area (Å²) in [4.78, 5) is 22.6. The molecule has 2 N–H and O–H groups in total. The van der Waals surface area contributed by atoms with Gasteiger partial charge in [0.05, 0.1) is 0 Å². The first-order chi connectivity index (χ1) is 8.37. The molecule has 0 saturated carbocycles. The third-order valence-electron chi connectivity index (χ3n) is 2.57. The molecular weight excluding hydrogens is 302 g/mol. The van der Waals surface area contributed by atoms with Crippen LogP contribution in [0.5, 0.6) is 0 Å². The Morgan fingerprint density at radius 1 is 1.56 bits per heavy atom. The molecule has 1 aromatic rings. The van der Waals surface area contributed by atoms with E-state index in [4.69, 9.17) is 9.52 Å². The van der Waals surface area contributed by atoms with Crippen molar-refractivity contribution in [1.29, 1.82) is 0 Å². The maximum absolute atomic E-state index is 11.6. The molecule has 5 nitrogen and oxygen atoms in total. The number of nitrogens with one attached hydrogen (secondary N) is 1. The number of hydrogen-bond donors (Lipinski definition) is 2. The van der Waals surface area contributed by atoms with E-state index >= 15 is 0 Å². The number of halogens is 1. The smallest absolute Gasteiger partial charge is 0.329 e. The molecule has 0 aliphatic rings. The van der Waals surface area contributed by atoms with Crippen LogP contribution in [0.4, 0.5) is 0 Å². The Kier molecular flexibility index (Phi) is 4.72. The van der Waals surface area contributed by atoms with Crippen LogP contribution in [0.1, 0.15) is 26.0 Å². The molecule has 1 rings (SSSR count). The SMILES string of the molecule is CCC(C)(NC(=O)C=Cc1ccc(Br)o1)C(=O)O. The van der Waals surface area contributed by atoms with E-state index in [9.17, 15) is 9.59 Å². The maximum Gasteiger partial charge on any atom is 0.329 e. The van der Waals surface area contributed by atoms with Gasteiger partial charge in [0, 0.05) is 6.08 Å². The molecule has 98 valence electrons. The number of furan rings is 1. The quantitative estimate of drug-likeness (QED) is 0.818. The summed E-state index contributed by atoms with van der Waals surface area (Å²) in [6, 6.07) is 3.38. The van der Waals surface area contributed by atoms with Crippen molar-refractivity contribution in [3.8, 4) is 0 Å². The van der Waals surface area contributed by atoms with Gasteiger partial charge in [0.2, 0.25) is 5.91 Å². The van der Waals surface area contributed by atoms with Crippen molar-refractivity contribution in [2.75, 3.05) is 0 Å². The van der Waals surface area contributed by atoms with Crippen molar-refractivity contribution in [1.82, 2.24) is 5.32 Å². The highest BCUT2D eigenvalue weighted by Gasteiger charge is 2.31. The maximum atomic E-state index is 11.6. The predicted octanol–water partition coefficient (Wildman–Crippen LogP) is 2.42. The molecule has 0 aromatic carbocycles. The van der Waals surface area contributed by atoms with Gasteiger partial charge in [-0.1, -0.05) is 6.92 Å². The van der Waals surface area contributed by atoms with Gasteiger partial charge in [0.25, 0.3) is 0 Å². The summed E-state index contributed by atoms with van der Waals surface area (Å²) < 4.78 is 5.73. The van der Waals surface area contributed by atoms with Crippen molar-refractivity contribution in [3.05, 3.63) is 28.6 Å². The Balaban J connectivity index is 2.67. The van der Waals surface area contributed by atoms with E-state index in [1.807, 2.05) is 0 Å². The van der Waals surface area contributed by atoms with E-state index in [2.05, 4.69) is 21.2 Å². The molecule has 0 radical (unpaired) electrons. The Bertz CT molecular complexity index is 480. The molecule has 1 heterocycles. The van der Waals surface area contributed by atoms with Crippen molar-refractivity contribution in [2.45, 2.75) is 25.8 Å². The third-order valence-corrected chi connectivity index (χ3v) is 3.00. The highest BCUT2D eigenvalue weighted by Crippen LogP contribution is 2.15. The van der Waals surface area contributed by atoms with E-state index in [-0.39, 0.29) is 0 Å². The Hall–Kier alpha value is -1.56. The number of carboxylic acid groups (broad SMARTS) is 1. The van der Waals surface area contributed by atoms with Crippen LogP contribution in [0.25, 0.3) is 6.08 Å². The Morgan fingerprint density at radius 3 is 2.67 bits per heavy atom. The predicted molar refractivity (Wildman–Crippen MR) is 69.9 cm³/mol. The van der Waals surface area contributed by atoms with Crippen LogP contribution in [-0.4, -0.2) is 22.5 Å². The molecular formula is C12H14BrNO4. The molecule has 1 atom stereocenters. The van der Waals surface area contributed by atoms with Crippen LogP contribution < -0.4 is 5.32 Å². The number of carbonyl (C=O) groups excluding carboxylic acids is 1. The van der Waals surface area contributed by atoms with Crippen LogP contribution in [-0.2, 0) is 9.59 Å². The van der Waals surface area contributed by atoms with Gasteiger partial charge in [-0.2, -0.15) is 0 Å². The van der Waals surface area contributed by atoms with Crippen LogP contribution in [0.2, 0.25) is 0 Å². The lowest BCUT2D eigenvalue weighted by atomic mass is 9.99. The highest BCUT2D eigenvalue weighted by molar-refractivity contribution is 9.10. The number of carbonyl (C=O) groups is 2. The minimum absolute atomic E-state index is 0.300. The van der Waals surface area contributed by atoms with E-state index in [1.54, 1.807) is 19.1 Å². The topological polar surface area (TPSA) is 79.5 Å². The van der Waals surface area contributed by atoms with Crippen molar-refractivity contribution in [3.63, 3.8) is 0 Å². The summed E-state index contributed by atoms with van der Waals surface area (Å²) in [5.41, 5.74) is -1.26. The third kappa shape index (κ3) is 3.73. The lowest BCUT2D eigenvalue weighted by Gasteiger charge is -2.23. The molecule has 1 aromatic heterocycles. The summed E-state index contributed by atoms with van der Waals surface area (Å²) in [6.07, 6.45) is 3.01. The number of amides is 1. The average molecular weight is 316 g/mol. The second-order valence-electron chi connectivity index (χ2n) is 3.96. The monoisotopic (exact) mass is 315 g/mol. The molecule has 18 heavy (non-hydrogen) atoms. The second kappa shape index (κ2) is 5.86. The van der Waals surface area contributed by atoms with Crippen molar-refractivity contribution < 1.29 is 19.1 Å². The number of aliphatic carboxylic acids is 1. The summed E-state index contributed by atoms with van der Waals surface area (Å²) >= 11 is 3.14. The average Bonchev–Trinajstić information content (AvgIpc) is 2.72. The summed E-state index contributed by atoms with van der Waals surface area (Å²) in [7, 11) is 0. The molecule has 0 aliphatic heterocycles. The number of carboxylic acids is 1. The van der Waals surface area contributed by atoms with Crippen LogP contribution in [0, 0.1) is 0 Å². The molecule has 0 spiro atoms. The lowest BCUT2D eigenvalue weighted by molar-refractivity contribution is -0.146. The van der Waals surface area contributed by atoms with Crippen LogP contribution >= 0.6 is 15.9 Å². The van der Waals surface area contributed by atoms with Gasteiger partial charge in [-0.15, -0.1) is 0 Å². The zero-order valence-corrected chi connectivity index (χ0v) is 11.7. The van der Waals surface area contributed by atoms with Gasteiger partial charge in [0.15, 0.2) is 4.67 Å². The minimum Gasteiger partial charge on any atom is -0.480 e. The summed E-state index contributed by atoms with van der Waals surface area (Å²) in [5, 5.41) is 11.4. The fourth-order valence-electron chi connectivity index (χ4n) is 1.18. The Labute approximate surface area is 113 Å². The summed E-state index contributed by atoms with van der Waals surface area (Å²) in [5.74, 6) is -1.03. The zero-order valence-electron chi connectivity index (χ0n) is 10.1. The first-order valence-electron chi connectivity index (χ1n) is 5.36. The molecule has 1 unspecified atom stereocenters. The van der Waals surface area contributed by atoms with Crippen molar-refractivity contribution in [2.24, 2.45) is 0 Å².